The molecule has 4 rings (SSSR count). The van der Waals surface area contributed by atoms with E-state index >= 15 is 0 Å². The molecule has 0 unspecified atom stereocenters. The van der Waals surface area contributed by atoms with Crippen molar-refractivity contribution in [2.45, 2.75) is 6.04 Å². The van der Waals surface area contributed by atoms with Crippen LogP contribution in [0.3, 0.4) is 0 Å². The van der Waals surface area contributed by atoms with Gasteiger partial charge in [0.15, 0.2) is 4.96 Å². The number of rotatable bonds is 4. The molecule has 9 heteroatoms. The van der Waals surface area contributed by atoms with E-state index in [1.165, 1.54) is 34.1 Å². The van der Waals surface area contributed by atoms with Crippen molar-refractivity contribution < 1.29 is 9.18 Å². The zero-order valence-corrected chi connectivity index (χ0v) is 15.0. The summed E-state index contributed by atoms with van der Waals surface area (Å²) in [6.07, 6.45) is 6.18. The van der Waals surface area contributed by atoms with Gasteiger partial charge in [0, 0.05) is 37.2 Å². The molecule has 0 aliphatic rings. The fourth-order valence-corrected chi connectivity index (χ4v) is 3.47. The van der Waals surface area contributed by atoms with Crippen LogP contribution in [0.4, 0.5) is 4.39 Å². The van der Waals surface area contributed by atoms with Crippen molar-refractivity contribution in [1.29, 1.82) is 0 Å². The summed E-state index contributed by atoms with van der Waals surface area (Å²) in [5.74, 6) is -0.404. The number of fused-ring (bicyclic) bond motifs is 1. The first-order valence-corrected chi connectivity index (χ1v) is 8.91. The van der Waals surface area contributed by atoms with E-state index in [-0.39, 0.29) is 11.4 Å². The predicted molar refractivity (Wildman–Crippen MR) is 98.3 cm³/mol. The van der Waals surface area contributed by atoms with Crippen LogP contribution in [0.2, 0.25) is 0 Å². The maximum atomic E-state index is 13.3. The van der Waals surface area contributed by atoms with Crippen LogP contribution in [0.15, 0.2) is 59.2 Å². The Morgan fingerprint density at radius 2 is 2.00 bits per heavy atom. The third-order valence-corrected chi connectivity index (χ3v) is 4.95. The Balaban J connectivity index is 1.73. The molecule has 0 spiro atoms. The molecule has 1 aromatic carbocycles. The number of hydrogen-bond donors (Lipinski definition) is 1. The summed E-state index contributed by atoms with van der Waals surface area (Å²) in [4.78, 5) is 34.3. The van der Waals surface area contributed by atoms with Crippen molar-refractivity contribution in [3.63, 3.8) is 0 Å². The number of nitrogens with zero attached hydrogens (tertiary/aromatic N) is 4. The number of hydrogen-bond acceptors (Lipinski definition) is 5. The van der Waals surface area contributed by atoms with Gasteiger partial charge in [0.2, 0.25) is 0 Å². The van der Waals surface area contributed by atoms with Gasteiger partial charge in [-0.3, -0.25) is 14.0 Å². The van der Waals surface area contributed by atoms with Crippen LogP contribution in [-0.4, -0.2) is 24.8 Å². The third kappa shape index (κ3) is 3.13. The molecule has 0 aliphatic carbocycles. The van der Waals surface area contributed by atoms with Crippen LogP contribution in [-0.2, 0) is 7.05 Å². The maximum Gasteiger partial charge on any atom is 0.271 e. The van der Waals surface area contributed by atoms with Crippen LogP contribution < -0.4 is 10.9 Å². The highest BCUT2D eigenvalue weighted by Gasteiger charge is 2.23. The van der Waals surface area contributed by atoms with Gasteiger partial charge in [0.05, 0.1) is 0 Å². The van der Waals surface area contributed by atoms with E-state index in [0.29, 0.717) is 16.3 Å². The molecule has 136 valence electrons. The van der Waals surface area contributed by atoms with Gasteiger partial charge in [-0.15, -0.1) is 11.3 Å². The van der Waals surface area contributed by atoms with E-state index in [2.05, 4.69) is 15.3 Å². The van der Waals surface area contributed by atoms with Gasteiger partial charge in [-0.05, 0) is 17.7 Å². The van der Waals surface area contributed by atoms with Crippen LogP contribution >= 0.6 is 11.3 Å². The molecule has 7 nitrogen and oxygen atoms in total. The predicted octanol–water partition coefficient (Wildman–Crippen LogP) is 2.15. The monoisotopic (exact) mass is 383 g/mol. The third-order valence-electron chi connectivity index (χ3n) is 4.18. The van der Waals surface area contributed by atoms with E-state index in [0.717, 1.165) is 0 Å². The Morgan fingerprint density at radius 3 is 2.70 bits per heavy atom. The molecule has 0 bridgehead atoms. The average Bonchev–Trinajstić information content (AvgIpc) is 3.30. The summed E-state index contributed by atoms with van der Waals surface area (Å²) < 4.78 is 16.4. The molecule has 27 heavy (non-hydrogen) atoms. The van der Waals surface area contributed by atoms with Crippen molar-refractivity contribution in [2.75, 3.05) is 0 Å². The molecule has 0 saturated heterocycles. The molecule has 1 N–H and O–H groups in total. The van der Waals surface area contributed by atoms with Crippen molar-refractivity contribution in [3.05, 3.63) is 87.6 Å². The lowest BCUT2D eigenvalue weighted by molar-refractivity contribution is 0.0939. The van der Waals surface area contributed by atoms with Gasteiger partial charge in [-0.2, -0.15) is 0 Å². The number of carbonyl (C=O) groups is 1. The number of imidazole rings is 1. The molecule has 4 aromatic rings. The van der Waals surface area contributed by atoms with Crippen LogP contribution in [0.1, 0.15) is 27.8 Å². The Bertz CT molecular complexity index is 1180. The minimum atomic E-state index is -0.652. The standard InChI is InChI=1S/C18H14FN5O2S/c1-23-7-6-20-15(23)14(11-2-4-12(19)5-3-11)22-16(25)13-10-21-18-24(17(13)26)8-9-27-18/h2-10,14H,1H3,(H,22,25)/t14-/m0/s1. The highest BCUT2D eigenvalue weighted by molar-refractivity contribution is 7.15. The topological polar surface area (TPSA) is 81.3 Å². The van der Waals surface area contributed by atoms with Crippen molar-refractivity contribution >= 4 is 22.2 Å². The molecule has 0 aliphatic heterocycles. The number of amides is 1. The largest absolute Gasteiger partial charge is 0.338 e. The van der Waals surface area contributed by atoms with Crippen molar-refractivity contribution in [2.24, 2.45) is 7.05 Å². The zero-order chi connectivity index (χ0) is 19.0. The van der Waals surface area contributed by atoms with Gasteiger partial charge in [0.1, 0.15) is 23.2 Å². The second-order valence-electron chi connectivity index (χ2n) is 5.89. The van der Waals surface area contributed by atoms with Gasteiger partial charge >= 0.3 is 0 Å². The van der Waals surface area contributed by atoms with E-state index in [9.17, 15) is 14.0 Å². The van der Waals surface area contributed by atoms with Crippen LogP contribution in [0.5, 0.6) is 0 Å². The van der Waals surface area contributed by atoms with Gasteiger partial charge in [0.25, 0.3) is 11.5 Å². The number of aromatic nitrogens is 4. The van der Waals surface area contributed by atoms with Crippen molar-refractivity contribution in [3.8, 4) is 0 Å². The number of halogens is 1. The lowest BCUT2D eigenvalue weighted by Crippen LogP contribution is -2.35. The fraction of sp³-hybridized carbons (Fsp3) is 0.111. The summed E-state index contributed by atoms with van der Waals surface area (Å²) >= 11 is 1.31. The Hall–Kier alpha value is -3.33. The summed E-state index contributed by atoms with van der Waals surface area (Å²) in [6.45, 7) is 0. The summed E-state index contributed by atoms with van der Waals surface area (Å²) in [7, 11) is 1.79. The van der Waals surface area contributed by atoms with Gasteiger partial charge < -0.3 is 9.88 Å². The minimum absolute atomic E-state index is 0.0766. The average molecular weight is 383 g/mol. The quantitative estimate of drug-likeness (QED) is 0.586. The van der Waals surface area contributed by atoms with Gasteiger partial charge in [-0.25, -0.2) is 14.4 Å². The first kappa shape index (κ1) is 17.1. The fourth-order valence-electron chi connectivity index (χ4n) is 2.80. The van der Waals surface area contributed by atoms with Gasteiger partial charge in [-0.1, -0.05) is 12.1 Å². The molecule has 1 atom stereocenters. The molecule has 0 saturated carbocycles. The second kappa shape index (κ2) is 6.76. The lowest BCUT2D eigenvalue weighted by atomic mass is 10.1. The molecule has 1 amide bonds. The molecular formula is C18H14FN5O2S. The highest BCUT2D eigenvalue weighted by atomic mass is 32.1. The Kier molecular flexibility index (Phi) is 4.28. The molecule has 0 radical (unpaired) electrons. The SMILES string of the molecule is Cn1ccnc1[C@@H](NC(=O)c1cnc2sccn2c1=O)c1ccc(F)cc1. The Morgan fingerprint density at radius 1 is 1.22 bits per heavy atom. The first-order valence-electron chi connectivity index (χ1n) is 8.03. The van der Waals surface area contributed by atoms with Crippen LogP contribution in [0.25, 0.3) is 4.96 Å². The van der Waals surface area contributed by atoms with E-state index in [1.54, 1.807) is 47.7 Å². The van der Waals surface area contributed by atoms with Crippen LogP contribution in [0, 0.1) is 5.82 Å². The normalized spacial score (nSPS) is 12.2. The van der Waals surface area contributed by atoms with E-state index in [1.807, 2.05) is 0 Å². The first-order chi connectivity index (χ1) is 13.0. The molecule has 3 aromatic heterocycles. The highest BCUT2D eigenvalue weighted by Crippen LogP contribution is 2.21. The molecule has 3 heterocycles. The smallest absolute Gasteiger partial charge is 0.271 e. The van der Waals surface area contributed by atoms with E-state index in [4.69, 9.17) is 0 Å². The minimum Gasteiger partial charge on any atom is -0.338 e. The number of benzene rings is 1. The summed E-state index contributed by atoms with van der Waals surface area (Å²) in [5.41, 5.74) is 0.118. The summed E-state index contributed by atoms with van der Waals surface area (Å²) in [6, 6.07) is 5.11. The van der Waals surface area contributed by atoms with E-state index < -0.39 is 17.5 Å². The number of carbonyl (C=O) groups excluding carboxylic acids is 1. The summed E-state index contributed by atoms with van der Waals surface area (Å²) in [5, 5.41) is 4.54. The molecule has 0 fully saturated rings. The number of nitrogens with one attached hydrogen (secondary N) is 1. The zero-order valence-electron chi connectivity index (χ0n) is 14.2. The second-order valence-corrected chi connectivity index (χ2v) is 6.76. The lowest BCUT2D eigenvalue weighted by Gasteiger charge is -2.19. The molecular weight excluding hydrogens is 369 g/mol. The Labute approximate surface area is 156 Å². The maximum absolute atomic E-state index is 13.3. The number of aryl methyl sites for hydroxylation is 1. The number of thiazole rings is 1. The van der Waals surface area contributed by atoms with Crippen molar-refractivity contribution in [1.82, 2.24) is 24.3 Å².